The summed E-state index contributed by atoms with van der Waals surface area (Å²) in [4.78, 5) is 0. The molecule has 1 aromatic carbocycles. The molecular weight excluding hydrogens is 186 g/mol. The number of rotatable bonds is 4. The topological polar surface area (TPSA) is 64.1 Å². The summed E-state index contributed by atoms with van der Waals surface area (Å²) in [5.41, 5.74) is 15.0. The smallest absolute Gasteiger partial charge is 0.0440 e. The molecule has 5 N–H and O–H groups in total. The molecule has 0 saturated heterocycles. The van der Waals surface area contributed by atoms with Gasteiger partial charge in [-0.05, 0) is 38.0 Å². The second kappa shape index (κ2) is 5.14. The van der Waals surface area contributed by atoms with Crippen molar-refractivity contribution in [1.82, 2.24) is 0 Å². The van der Waals surface area contributed by atoms with E-state index in [0.717, 1.165) is 11.3 Å². The van der Waals surface area contributed by atoms with Crippen LogP contribution in [0.25, 0.3) is 0 Å². The van der Waals surface area contributed by atoms with E-state index in [1.54, 1.807) is 0 Å². The molecule has 3 nitrogen and oxygen atoms in total. The molecule has 0 spiro atoms. The third-order valence-electron chi connectivity index (χ3n) is 2.31. The molecule has 0 fully saturated rings. The van der Waals surface area contributed by atoms with Crippen LogP contribution in [0.2, 0.25) is 0 Å². The maximum Gasteiger partial charge on any atom is 0.0440 e. The Bertz CT molecular complexity index is 321. The highest BCUT2D eigenvalue weighted by Gasteiger charge is 2.10. The Balaban J connectivity index is 3.02. The molecule has 1 aromatic rings. The van der Waals surface area contributed by atoms with E-state index < -0.39 is 0 Å². The summed E-state index contributed by atoms with van der Waals surface area (Å²) in [7, 11) is 0. The highest BCUT2D eigenvalue weighted by Crippen LogP contribution is 2.23. The second-order valence-electron chi connectivity index (χ2n) is 4.23. The molecule has 0 aliphatic rings. The van der Waals surface area contributed by atoms with Crippen LogP contribution in [-0.2, 0) is 0 Å². The average Bonchev–Trinajstić information content (AvgIpc) is 2.16. The quantitative estimate of drug-likeness (QED) is 0.705. The van der Waals surface area contributed by atoms with Crippen LogP contribution in [0.15, 0.2) is 18.2 Å². The van der Waals surface area contributed by atoms with Crippen molar-refractivity contribution < 1.29 is 0 Å². The van der Waals surface area contributed by atoms with Crippen LogP contribution in [0, 0.1) is 6.92 Å². The van der Waals surface area contributed by atoms with Gasteiger partial charge in [0, 0.05) is 24.3 Å². The third kappa shape index (κ3) is 3.22. The zero-order valence-electron chi connectivity index (χ0n) is 9.75. The SMILES string of the molecule is Cc1ccc([C@H](N)CN)c(NC(C)C)c1. The van der Waals surface area contributed by atoms with Crippen molar-refractivity contribution in [3.8, 4) is 0 Å². The lowest BCUT2D eigenvalue weighted by molar-refractivity contribution is 0.735. The number of anilines is 1. The van der Waals surface area contributed by atoms with Gasteiger partial charge in [0.15, 0.2) is 0 Å². The van der Waals surface area contributed by atoms with E-state index in [2.05, 4.69) is 44.3 Å². The molecule has 0 unspecified atom stereocenters. The van der Waals surface area contributed by atoms with E-state index >= 15 is 0 Å². The molecule has 3 heteroatoms. The molecule has 0 radical (unpaired) electrons. The number of nitrogens with one attached hydrogen (secondary N) is 1. The van der Waals surface area contributed by atoms with Crippen molar-refractivity contribution in [2.45, 2.75) is 32.9 Å². The maximum absolute atomic E-state index is 5.96. The van der Waals surface area contributed by atoms with Crippen LogP contribution in [0.1, 0.15) is 31.0 Å². The molecule has 15 heavy (non-hydrogen) atoms. The summed E-state index contributed by atoms with van der Waals surface area (Å²) in [6.07, 6.45) is 0. The van der Waals surface area contributed by atoms with Gasteiger partial charge in [0.25, 0.3) is 0 Å². The van der Waals surface area contributed by atoms with Gasteiger partial charge < -0.3 is 16.8 Å². The molecule has 1 rings (SSSR count). The van der Waals surface area contributed by atoms with E-state index in [0.29, 0.717) is 12.6 Å². The molecule has 84 valence electrons. The summed E-state index contributed by atoms with van der Waals surface area (Å²) in [5, 5.41) is 3.39. The molecule has 0 heterocycles. The summed E-state index contributed by atoms with van der Waals surface area (Å²) >= 11 is 0. The van der Waals surface area contributed by atoms with Gasteiger partial charge in [0.05, 0.1) is 0 Å². The number of nitrogens with two attached hydrogens (primary N) is 2. The van der Waals surface area contributed by atoms with Crippen LogP contribution in [-0.4, -0.2) is 12.6 Å². The Labute approximate surface area is 91.9 Å². The molecule has 0 saturated carbocycles. The highest BCUT2D eigenvalue weighted by atomic mass is 14.9. The van der Waals surface area contributed by atoms with Crippen molar-refractivity contribution in [2.75, 3.05) is 11.9 Å². The van der Waals surface area contributed by atoms with E-state index in [9.17, 15) is 0 Å². The molecule has 0 aromatic heterocycles. The summed E-state index contributed by atoms with van der Waals surface area (Å²) < 4.78 is 0. The van der Waals surface area contributed by atoms with E-state index in [-0.39, 0.29) is 6.04 Å². The van der Waals surface area contributed by atoms with Crippen LogP contribution >= 0.6 is 0 Å². The van der Waals surface area contributed by atoms with Gasteiger partial charge in [0.2, 0.25) is 0 Å². The minimum atomic E-state index is -0.0909. The molecule has 1 atom stereocenters. The predicted molar refractivity (Wildman–Crippen MR) is 65.9 cm³/mol. The van der Waals surface area contributed by atoms with Gasteiger partial charge in [-0.25, -0.2) is 0 Å². The van der Waals surface area contributed by atoms with Gasteiger partial charge in [-0.1, -0.05) is 12.1 Å². The fourth-order valence-electron chi connectivity index (χ4n) is 1.56. The number of aryl methyl sites for hydroxylation is 1. The van der Waals surface area contributed by atoms with E-state index in [4.69, 9.17) is 11.5 Å². The molecular formula is C12H21N3. The first-order valence-electron chi connectivity index (χ1n) is 5.37. The average molecular weight is 207 g/mol. The van der Waals surface area contributed by atoms with Crippen LogP contribution in [0.4, 0.5) is 5.69 Å². The molecule has 0 aliphatic carbocycles. The normalized spacial score (nSPS) is 12.9. The van der Waals surface area contributed by atoms with E-state index in [1.165, 1.54) is 5.56 Å². The third-order valence-corrected chi connectivity index (χ3v) is 2.31. The lowest BCUT2D eigenvalue weighted by Crippen LogP contribution is -2.23. The lowest BCUT2D eigenvalue weighted by Gasteiger charge is -2.19. The number of benzene rings is 1. The number of hydrogen-bond acceptors (Lipinski definition) is 3. The maximum atomic E-state index is 5.96. The van der Waals surface area contributed by atoms with Gasteiger partial charge in [-0.15, -0.1) is 0 Å². The first-order valence-corrected chi connectivity index (χ1v) is 5.37. The largest absolute Gasteiger partial charge is 0.383 e. The van der Waals surface area contributed by atoms with E-state index in [1.807, 2.05) is 0 Å². The van der Waals surface area contributed by atoms with Crippen LogP contribution in [0.3, 0.4) is 0 Å². The van der Waals surface area contributed by atoms with Crippen molar-refractivity contribution in [1.29, 1.82) is 0 Å². The number of hydrogen-bond donors (Lipinski definition) is 3. The Morgan fingerprint density at radius 2 is 2.00 bits per heavy atom. The molecule has 0 amide bonds. The van der Waals surface area contributed by atoms with Gasteiger partial charge >= 0.3 is 0 Å². The first kappa shape index (κ1) is 12.0. The highest BCUT2D eigenvalue weighted by molar-refractivity contribution is 5.55. The Morgan fingerprint density at radius 1 is 1.33 bits per heavy atom. The van der Waals surface area contributed by atoms with Gasteiger partial charge in [-0.2, -0.15) is 0 Å². The predicted octanol–water partition coefficient (Wildman–Crippen LogP) is 1.77. The second-order valence-corrected chi connectivity index (χ2v) is 4.23. The zero-order valence-corrected chi connectivity index (χ0v) is 9.75. The fourth-order valence-corrected chi connectivity index (χ4v) is 1.56. The van der Waals surface area contributed by atoms with Crippen molar-refractivity contribution >= 4 is 5.69 Å². The molecule has 0 aliphatic heterocycles. The fraction of sp³-hybridized carbons (Fsp3) is 0.500. The minimum Gasteiger partial charge on any atom is -0.383 e. The monoisotopic (exact) mass is 207 g/mol. The standard InChI is InChI=1S/C12H21N3/c1-8(2)15-12-6-9(3)4-5-10(12)11(14)7-13/h4-6,8,11,15H,7,13-14H2,1-3H3/t11-/m1/s1. The molecule has 0 bridgehead atoms. The van der Waals surface area contributed by atoms with Crippen molar-refractivity contribution in [2.24, 2.45) is 11.5 Å². The van der Waals surface area contributed by atoms with Gasteiger partial charge in [0.1, 0.15) is 0 Å². The Kier molecular flexibility index (Phi) is 4.12. The van der Waals surface area contributed by atoms with Crippen molar-refractivity contribution in [3.63, 3.8) is 0 Å². The van der Waals surface area contributed by atoms with Crippen LogP contribution in [0.5, 0.6) is 0 Å². The van der Waals surface area contributed by atoms with Crippen molar-refractivity contribution in [3.05, 3.63) is 29.3 Å². The summed E-state index contributed by atoms with van der Waals surface area (Å²) in [5.74, 6) is 0. The summed E-state index contributed by atoms with van der Waals surface area (Å²) in [6, 6.07) is 6.54. The Hall–Kier alpha value is -1.06. The Morgan fingerprint density at radius 3 is 2.53 bits per heavy atom. The van der Waals surface area contributed by atoms with Crippen LogP contribution < -0.4 is 16.8 Å². The minimum absolute atomic E-state index is 0.0909. The zero-order chi connectivity index (χ0) is 11.4. The summed E-state index contributed by atoms with van der Waals surface area (Å²) in [6.45, 7) is 6.76. The first-order chi connectivity index (χ1) is 7.04. The van der Waals surface area contributed by atoms with Gasteiger partial charge in [-0.3, -0.25) is 0 Å². The lowest BCUT2D eigenvalue weighted by atomic mass is 10.0.